The second-order valence-electron chi connectivity index (χ2n) is 9.22. The first-order valence-electron chi connectivity index (χ1n) is 11.7. The number of H-pyrrole nitrogens is 1. The minimum absolute atomic E-state index is 0.0930. The fraction of sp³-hybridized carbons (Fsp3) is 0.308. The molecule has 4 N–H and O–H groups in total. The van der Waals surface area contributed by atoms with Gasteiger partial charge in [0.1, 0.15) is 17.0 Å². The number of aromatic amines is 1. The van der Waals surface area contributed by atoms with Crippen LogP contribution in [-0.4, -0.2) is 25.7 Å². The summed E-state index contributed by atoms with van der Waals surface area (Å²) in [4.78, 5) is 29.6. The van der Waals surface area contributed by atoms with Crippen molar-refractivity contribution in [3.63, 3.8) is 0 Å². The summed E-state index contributed by atoms with van der Waals surface area (Å²) in [5.41, 5.74) is 9.65. The molecule has 9 heteroatoms. The van der Waals surface area contributed by atoms with Crippen LogP contribution in [0.25, 0.3) is 22.2 Å². The Balaban J connectivity index is 1.46. The van der Waals surface area contributed by atoms with Crippen molar-refractivity contribution in [1.29, 1.82) is 0 Å². The number of hydrogen-bond acceptors (Lipinski definition) is 5. The number of carbonyl (C=O) groups excluding carboxylic acids is 1. The van der Waals surface area contributed by atoms with Gasteiger partial charge in [0.15, 0.2) is 5.82 Å². The third-order valence-corrected chi connectivity index (χ3v) is 6.74. The van der Waals surface area contributed by atoms with Gasteiger partial charge in [0.25, 0.3) is 11.5 Å². The number of aryl methyl sites for hydroxylation is 2. The number of hydrogen-bond donors (Lipinski definition) is 3. The number of carbonyl (C=O) groups is 1. The normalized spacial score (nSPS) is 14.0. The van der Waals surface area contributed by atoms with Gasteiger partial charge >= 0.3 is 0 Å². The van der Waals surface area contributed by atoms with E-state index in [1.807, 2.05) is 36.6 Å². The lowest BCUT2D eigenvalue weighted by Crippen LogP contribution is -2.24. The van der Waals surface area contributed by atoms with Crippen molar-refractivity contribution in [2.75, 3.05) is 5.73 Å². The van der Waals surface area contributed by atoms with Crippen LogP contribution < -0.4 is 16.6 Å². The first-order valence-corrected chi connectivity index (χ1v) is 11.7. The first-order chi connectivity index (χ1) is 16.8. The molecule has 1 saturated carbocycles. The number of nitrogens with two attached hydrogens (primary N) is 1. The molecule has 0 spiro atoms. The lowest BCUT2D eigenvalue weighted by atomic mass is 10.0. The molecule has 3 heterocycles. The third-order valence-electron chi connectivity index (χ3n) is 6.74. The second kappa shape index (κ2) is 8.98. The molecule has 5 rings (SSSR count). The monoisotopic (exact) mass is 474 g/mol. The molecular formula is C26H27FN6O2. The predicted molar refractivity (Wildman–Crippen MR) is 133 cm³/mol. The molecule has 0 saturated heterocycles. The van der Waals surface area contributed by atoms with Gasteiger partial charge in [0.05, 0.1) is 5.39 Å². The van der Waals surface area contributed by atoms with Crippen molar-refractivity contribution < 1.29 is 9.18 Å². The summed E-state index contributed by atoms with van der Waals surface area (Å²) in [6.45, 7) is 3.93. The van der Waals surface area contributed by atoms with Gasteiger partial charge in [-0.1, -0.05) is 30.5 Å². The Morgan fingerprint density at radius 2 is 2.03 bits per heavy atom. The zero-order chi connectivity index (χ0) is 24.7. The lowest BCUT2D eigenvalue weighted by Gasteiger charge is -2.12. The number of nitrogens with zero attached hydrogens (tertiary/aromatic N) is 3. The fourth-order valence-electron chi connectivity index (χ4n) is 4.92. The summed E-state index contributed by atoms with van der Waals surface area (Å²) in [6, 6.07) is 7.17. The average Bonchev–Trinajstić information content (AvgIpc) is 3.50. The molecule has 4 aromatic rings. The Morgan fingerprint density at radius 3 is 2.77 bits per heavy atom. The SMILES string of the molecule is Cc1ccc(C)c(C(=O)NCc2cnc(-c3cn(C4CCCC4)c4c(=O)[nH]nc(N)c34)c(F)c2)c1. The van der Waals surface area contributed by atoms with Crippen molar-refractivity contribution in [3.05, 3.63) is 75.1 Å². The van der Waals surface area contributed by atoms with Crippen molar-refractivity contribution >= 4 is 22.6 Å². The quantitative estimate of drug-likeness (QED) is 0.401. The van der Waals surface area contributed by atoms with Gasteiger partial charge in [-0.3, -0.25) is 14.6 Å². The van der Waals surface area contributed by atoms with E-state index in [9.17, 15) is 9.59 Å². The largest absolute Gasteiger partial charge is 0.382 e. The molecule has 1 aromatic carbocycles. The Kier molecular flexibility index (Phi) is 5.84. The number of halogens is 1. The zero-order valence-electron chi connectivity index (χ0n) is 19.7. The first kappa shape index (κ1) is 22.8. The van der Waals surface area contributed by atoms with E-state index in [0.717, 1.165) is 36.8 Å². The van der Waals surface area contributed by atoms with Crippen molar-refractivity contribution in [3.8, 4) is 11.3 Å². The van der Waals surface area contributed by atoms with Gasteiger partial charge in [0, 0.05) is 36.1 Å². The summed E-state index contributed by atoms with van der Waals surface area (Å²) in [5, 5.41) is 9.58. The predicted octanol–water partition coefficient (Wildman–Crippen LogP) is 4.17. The molecule has 1 fully saturated rings. The maximum atomic E-state index is 15.3. The van der Waals surface area contributed by atoms with Crippen LogP contribution in [0.15, 0.2) is 41.5 Å². The molecule has 1 amide bonds. The molecule has 0 bridgehead atoms. The lowest BCUT2D eigenvalue weighted by molar-refractivity contribution is 0.0950. The van der Waals surface area contributed by atoms with E-state index in [-0.39, 0.29) is 35.6 Å². The van der Waals surface area contributed by atoms with Crippen LogP contribution in [0.1, 0.15) is 58.8 Å². The Labute approximate surface area is 201 Å². The van der Waals surface area contributed by atoms with Crippen LogP contribution >= 0.6 is 0 Å². The maximum absolute atomic E-state index is 15.3. The number of rotatable bonds is 5. The van der Waals surface area contributed by atoms with E-state index >= 15 is 4.39 Å². The molecule has 0 atom stereocenters. The van der Waals surface area contributed by atoms with E-state index in [1.165, 1.54) is 12.3 Å². The highest BCUT2D eigenvalue weighted by atomic mass is 19.1. The van der Waals surface area contributed by atoms with Crippen LogP contribution in [0.5, 0.6) is 0 Å². The van der Waals surface area contributed by atoms with Crippen LogP contribution in [-0.2, 0) is 6.54 Å². The average molecular weight is 475 g/mol. The summed E-state index contributed by atoms with van der Waals surface area (Å²) in [6.07, 6.45) is 7.33. The van der Waals surface area contributed by atoms with Gasteiger partial charge in [-0.25, -0.2) is 9.49 Å². The van der Waals surface area contributed by atoms with Gasteiger partial charge in [-0.2, -0.15) is 5.10 Å². The van der Waals surface area contributed by atoms with E-state index < -0.39 is 5.82 Å². The molecule has 1 aliphatic rings. The number of anilines is 1. The van der Waals surface area contributed by atoms with Crippen LogP contribution in [0, 0.1) is 19.7 Å². The summed E-state index contributed by atoms with van der Waals surface area (Å²) in [5.74, 6) is -0.667. The maximum Gasteiger partial charge on any atom is 0.288 e. The summed E-state index contributed by atoms with van der Waals surface area (Å²) < 4.78 is 17.2. The molecule has 35 heavy (non-hydrogen) atoms. The van der Waals surface area contributed by atoms with E-state index in [4.69, 9.17) is 5.73 Å². The van der Waals surface area contributed by atoms with Gasteiger partial charge in [-0.05, 0) is 49.9 Å². The zero-order valence-corrected chi connectivity index (χ0v) is 19.7. The summed E-state index contributed by atoms with van der Waals surface area (Å²) >= 11 is 0. The Hall–Kier alpha value is -4.01. The second-order valence-corrected chi connectivity index (χ2v) is 9.22. The van der Waals surface area contributed by atoms with E-state index in [2.05, 4.69) is 20.5 Å². The smallest absolute Gasteiger partial charge is 0.288 e. The standard InChI is InChI=1S/C26H27FN6O2/c1-14-7-8-15(2)18(9-14)25(34)30-12-16-10-20(27)22(29-11-16)19-13-33(17-5-3-4-6-17)23-21(19)24(28)31-32-26(23)35/h7-11,13,17H,3-6,12H2,1-2H3,(H2,28,31)(H,30,34)(H,32,35). The molecule has 180 valence electrons. The number of benzene rings is 1. The molecule has 0 aliphatic heterocycles. The highest BCUT2D eigenvalue weighted by Crippen LogP contribution is 2.38. The van der Waals surface area contributed by atoms with Gasteiger partial charge < -0.3 is 15.6 Å². The third kappa shape index (κ3) is 4.18. The number of aromatic nitrogens is 4. The fourth-order valence-corrected chi connectivity index (χ4v) is 4.92. The van der Waals surface area contributed by atoms with Crippen LogP contribution in [0.2, 0.25) is 0 Å². The Morgan fingerprint density at radius 1 is 1.26 bits per heavy atom. The van der Waals surface area contributed by atoms with Crippen LogP contribution in [0.3, 0.4) is 0 Å². The molecule has 3 aromatic heterocycles. The molecule has 0 radical (unpaired) electrons. The highest BCUT2D eigenvalue weighted by Gasteiger charge is 2.25. The van der Waals surface area contributed by atoms with Gasteiger partial charge in [0.2, 0.25) is 0 Å². The molecule has 8 nitrogen and oxygen atoms in total. The topological polar surface area (TPSA) is 119 Å². The number of nitrogen functional groups attached to an aromatic ring is 1. The highest BCUT2D eigenvalue weighted by molar-refractivity contribution is 6.01. The molecule has 1 aliphatic carbocycles. The number of amides is 1. The molecular weight excluding hydrogens is 447 g/mol. The molecule has 0 unspecified atom stereocenters. The Bertz CT molecular complexity index is 1500. The van der Waals surface area contributed by atoms with Crippen molar-refractivity contribution in [1.82, 2.24) is 25.1 Å². The number of nitrogens with one attached hydrogen (secondary N) is 2. The van der Waals surface area contributed by atoms with Gasteiger partial charge in [-0.15, -0.1) is 0 Å². The number of pyridine rings is 1. The minimum atomic E-state index is -0.561. The van der Waals surface area contributed by atoms with Crippen molar-refractivity contribution in [2.24, 2.45) is 0 Å². The summed E-state index contributed by atoms with van der Waals surface area (Å²) in [7, 11) is 0. The van der Waals surface area contributed by atoms with E-state index in [1.54, 1.807) is 6.20 Å². The van der Waals surface area contributed by atoms with E-state index in [0.29, 0.717) is 27.6 Å². The van der Waals surface area contributed by atoms with Crippen molar-refractivity contribution in [2.45, 2.75) is 52.1 Å². The minimum Gasteiger partial charge on any atom is -0.382 e. The number of fused-ring (bicyclic) bond motifs is 1. The van der Waals surface area contributed by atoms with Crippen LogP contribution in [0.4, 0.5) is 10.2 Å².